The SMILES string of the molecule is C[C@@H]1C[C@H]2Cc3ncc(Br)cc3[C@@]3(C1)[C@@H]2CCCN3C(=O)OCc1ccccc1. The minimum Gasteiger partial charge on any atom is -0.445 e. The van der Waals surface area contributed by atoms with E-state index in [2.05, 4.69) is 33.8 Å². The first-order chi connectivity index (χ1) is 14.1. The molecule has 2 aliphatic carbocycles. The lowest BCUT2D eigenvalue weighted by Crippen LogP contribution is -2.63. The summed E-state index contributed by atoms with van der Waals surface area (Å²) >= 11 is 3.63. The van der Waals surface area contributed by atoms with E-state index in [0.29, 0.717) is 24.4 Å². The number of ether oxygens (including phenoxy) is 1. The number of amides is 1. The van der Waals surface area contributed by atoms with Gasteiger partial charge in [-0.05, 0) is 77.4 Å². The average Bonchev–Trinajstić information content (AvgIpc) is 2.72. The van der Waals surface area contributed by atoms with Crippen LogP contribution in [0.5, 0.6) is 0 Å². The number of aromatic nitrogens is 1. The first kappa shape index (κ1) is 19.1. The van der Waals surface area contributed by atoms with Gasteiger partial charge in [0.15, 0.2) is 0 Å². The van der Waals surface area contributed by atoms with Crippen molar-refractivity contribution in [3.63, 3.8) is 0 Å². The summed E-state index contributed by atoms with van der Waals surface area (Å²) in [5, 5.41) is 0. The Morgan fingerprint density at radius 1 is 1.34 bits per heavy atom. The normalized spacial score (nSPS) is 30.3. The predicted molar refractivity (Wildman–Crippen MR) is 115 cm³/mol. The fraction of sp³-hybridized carbons (Fsp3) is 0.500. The van der Waals surface area contributed by atoms with Crippen molar-refractivity contribution in [2.45, 2.75) is 51.2 Å². The molecule has 2 fully saturated rings. The van der Waals surface area contributed by atoms with Gasteiger partial charge in [-0.1, -0.05) is 37.3 Å². The third-order valence-corrected chi connectivity index (χ3v) is 7.64. The van der Waals surface area contributed by atoms with E-state index < -0.39 is 0 Å². The van der Waals surface area contributed by atoms with Crippen molar-refractivity contribution in [3.05, 3.63) is 63.9 Å². The summed E-state index contributed by atoms with van der Waals surface area (Å²) in [7, 11) is 0. The fourth-order valence-electron chi connectivity index (χ4n) is 6.28. The molecule has 0 radical (unpaired) electrons. The number of rotatable bonds is 2. The summed E-state index contributed by atoms with van der Waals surface area (Å²) in [6.45, 7) is 3.42. The van der Waals surface area contributed by atoms with Gasteiger partial charge in [0.05, 0.1) is 5.54 Å². The molecule has 0 spiro atoms. The highest BCUT2D eigenvalue weighted by Gasteiger charge is 2.59. The number of pyridine rings is 1. The van der Waals surface area contributed by atoms with Crippen molar-refractivity contribution in [3.8, 4) is 0 Å². The molecule has 152 valence electrons. The summed E-state index contributed by atoms with van der Waals surface area (Å²) in [5.74, 6) is 1.69. The molecular weight excluding hydrogens is 428 g/mol. The van der Waals surface area contributed by atoms with Crippen LogP contribution in [0, 0.1) is 17.8 Å². The second-order valence-electron chi connectivity index (χ2n) is 9.02. The molecule has 5 rings (SSSR count). The maximum atomic E-state index is 13.4. The van der Waals surface area contributed by atoms with E-state index in [4.69, 9.17) is 9.72 Å². The van der Waals surface area contributed by atoms with E-state index in [1.165, 1.54) is 24.1 Å². The monoisotopic (exact) mass is 454 g/mol. The van der Waals surface area contributed by atoms with Gasteiger partial charge in [0.25, 0.3) is 0 Å². The maximum absolute atomic E-state index is 13.4. The Kier molecular flexibility index (Phi) is 4.89. The highest BCUT2D eigenvalue weighted by molar-refractivity contribution is 9.10. The van der Waals surface area contributed by atoms with Crippen LogP contribution in [0.1, 0.15) is 49.4 Å². The summed E-state index contributed by atoms with van der Waals surface area (Å²) in [6, 6.07) is 12.2. The Bertz CT molecular complexity index is 918. The number of carbonyl (C=O) groups excluding carboxylic acids is 1. The Hall–Kier alpha value is -1.88. The van der Waals surface area contributed by atoms with Gasteiger partial charge in [0.2, 0.25) is 0 Å². The molecule has 2 aromatic rings. The van der Waals surface area contributed by atoms with Gasteiger partial charge in [0.1, 0.15) is 6.61 Å². The summed E-state index contributed by atoms with van der Waals surface area (Å²) < 4.78 is 6.83. The van der Waals surface area contributed by atoms with Crippen LogP contribution in [0.3, 0.4) is 0 Å². The van der Waals surface area contributed by atoms with E-state index in [9.17, 15) is 4.79 Å². The molecule has 4 atom stereocenters. The number of fused-ring (bicyclic) bond motifs is 1. The number of nitrogens with zero attached hydrogens (tertiary/aromatic N) is 2. The van der Waals surface area contributed by atoms with Crippen molar-refractivity contribution >= 4 is 22.0 Å². The van der Waals surface area contributed by atoms with Gasteiger partial charge in [-0.2, -0.15) is 0 Å². The molecular formula is C24H27BrN2O2. The van der Waals surface area contributed by atoms with Crippen LogP contribution in [-0.2, 0) is 23.3 Å². The van der Waals surface area contributed by atoms with Gasteiger partial charge in [0, 0.05) is 28.5 Å². The van der Waals surface area contributed by atoms with E-state index in [0.717, 1.165) is 35.8 Å². The van der Waals surface area contributed by atoms with Crippen molar-refractivity contribution in [1.29, 1.82) is 0 Å². The maximum Gasteiger partial charge on any atom is 0.410 e. The van der Waals surface area contributed by atoms with Crippen LogP contribution in [0.15, 0.2) is 47.1 Å². The minimum absolute atomic E-state index is 0.181. The molecule has 1 amide bonds. The van der Waals surface area contributed by atoms with E-state index >= 15 is 0 Å². The lowest BCUT2D eigenvalue weighted by atomic mass is 9.53. The summed E-state index contributed by atoms with van der Waals surface area (Å²) in [6.07, 6.45) is 7.22. The quantitative estimate of drug-likeness (QED) is 0.584. The van der Waals surface area contributed by atoms with Gasteiger partial charge in [-0.25, -0.2) is 4.79 Å². The molecule has 4 nitrogen and oxygen atoms in total. The molecule has 1 saturated heterocycles. The van der Waals surface area contributed by atoms with Crippen LogP contribution in [0.4, 0.5) is 4.79 Å². The molecule has 1 saturated carbocycles. The zero-order valence-corrected chi connectivity index (χ0v) is 18.4. The van der Waals surface area contributed by atoms with Crippen LogP contribution in [0.2, 0.25) is 0 Å². The topological polar surface area (TPSA) is 42.4 Å². The molecule has 1 aromatic heterocycles. The average molecular weight is 455 g/mol. The number of carbonyl (C=O) groups is 1. The van der Waals surface area contributed by atoms with Gasteiger partial charge in [-0.3, -0.25) is 9.88 Å². The lowest BCUT2D eigenvalue weighted by molar-refractivity contribution is -0.0833. The number of hydrogen-bond donors (Lipinski definition) is 0. The highest BCUT2D eigenvalue weighted by Crippen LogP contribution is 2.59. The van der Waals surface area contributed by atoms with Crippen LogP contribution in [-0.4, -0.2) is 22.5 Å². The molecule has 1 aliphatic heterocycles. The number of benzene rings is 1. The lowest BCUT2D eigenvalue weighted by Gasteiger charge is -2.60. The van der Waals surface area contributed by atoms with Gasteiger partial charge >= 0.3 is 6.09 Å². The summed E-state index contributed by atoms with van der Waals surface area (Å²) in [5.41, 5.74) is 3.16. The third kappa shape index (κ3) is 3.18. The Morgan fingerprint density at radius 3 is 3.00 bits per heavy atom. The van der Waals surface area contributed by atoms with Crippen molar-refractivity contribution in [1.82, 2.24) is 9.88 Å². The standard InChI is InChI=1S/C24H27BrN2O2/c1-16-10-18-11-22-21(12-19(25)14-26-22)24(13-16)20(18)8-5-9-27(24)23(28)29-15-17-6-3-2-4-7-17/h2-4,6-7,12,14,16,18,20H,5,8-11,13,15H2,1H3/t16-,18+,20-,24-/m1/s1. The number of halogens is 1. The van der Waals surface area contributed by atoms with E-state index in [1.54, 1.807) is 0 Å². The molecule has 0 N–H and O–H groups in total. The van der Waals surface area contributed by atoms with Crippen LogP contribution in [0.25, 0.3) is 0 Å². The number of likely N-dealkylation sites (tertiary alicyclic amines) is 1. The minimum atomic E-state index is -0.279. The second-order valence-corrected chi connectivity index (χ2v) is 9.94. The fourth-order valence-corrected chi connectivity index (χ4v) is 6.61. The second kappa shape index (κ2) is 7.42. The number of piperidine rings is 1. The molecule has 2 heterocycles. The molecule has 29 heavy (non-hydrogen) atoms. The Balaban J connectivity index is 1.53. The van der Waals surface area contributed by atoms with Crippen molar-refractivity contribution in [2.24, 2.45) is 17.8 Å². The molecule has 1 aromatic carbocycles. The molecule has 0 unspecified atom stereocenters. The number of hydrogen-bond acceptors (Lipinski definition) is 3. The Labute approximate surface area is 180 Å². The van der Waals surface area contributed by atoms with Crippen LogP contribution < -0.4 is 0 Å². The highest BCUT2D eigenvalue weighted by atomic mass is 79.9. The van der Waals surface area contributed by atoms with Gasteiger partial charge in [-0.15, -0.1) is 0 Å². The Morgan fingerprint density at radius 2 is 2.17 bits per heavy atom. The van der Waals surface area contributed by atoms with Crippen LogP contribution >= 0.6 is 15.9 Å². The summed E-state index contributed by atoms with van der Waals surface area (Å²) in [4.78, 5) is 20.2. The third-order valence-electron chi connectivity index (χ3n) is 7.21. The van der Waals surface area contributed by atoms with Crippen molar-refractivity contribution < 1.29 is 9.53 Å². The largest absolute Gasteiger partial charge is 0.445 e. The first-order valence-corrected chi connectivity index (χ1v) is 11.5. The predicted octanol–water partition coefficient (Wildman–Crippen LogP) is 5.69. The zero-order chi connectivity index (χ0) is 20.0. The van der Waals surface area contributed by atoms with Gasteiger partial charge < -0.3 is 4.74 Å². The zero-order valence-electron chi connectivity index (χ0n) is 16.8. The molecule has 2 bridgehead atoms. The molecule has 3 aliphatic rings. The van der Waals surface area contributed by atoms with E-state index in [-0.39, 0.29) is 11.6 Å². The first-order valence-electron chi connectivity index (χ1n) is 10.7. The smallest absolute Gasteiger partial charge is 0.410 e. The van der Waals surface area contributed by atoms with E-state index in [1.807, 2.05) is 36.5 Å². The van der Waals surface area contributed by atoms with Crippen molar-refractivity contribution in [2.75, 3.05) is 6.54 Å². The molecule has 5 heteroatoms.